The van der Waals surface area contributed by atoms with Gasteiger partial charge in [-0.3, -0.25) is 14.5 Å². The van der Waals surface area contributed by atoms with Gasteiger partial charge in [-0.25, -0.2) is 4.79 Å². The third-order valence-corrected chi connectivity index (χ3v) is 4.69. The van der Waals surface area contributed by atoms with Gasteiger partial charge >= 0.3 is 6.03 Å². The van der Waals surface area contributed by atoms with E-state index in [0.29, 0.717) is 18.5 Å². The van der Waals surface area contributed by atoms with Crippen molar-refractivity contribution in [1.82, 2.24) is 10.2 Å². The fourth-order valence-electron chi connectivity index (χ4n) is 2.76. The fourth-order valence-corrected chi connectivity index (χ4v) is 2.76. The van der Waals surface area contributed by atoms with E-state index in [1.165, 1.54) is 0 Å². The Kier molecular flexibility index (Phi) is 5.56. The summed E-state index contributed by atoms with van der Waals surface area (Å²) in [6.07, 6.45) is 1.32. The van der Waals surface area contributed by atoms with E-state index in [1.807, 2.05) is 19.9 Å². The van der Waals surface area contributed by atoms with E-state index in [1.54, 1.807) is 18.2 Å². The van der Waals surface area contributed by atoms with E-state index >= 15 is 0 Å². The van der Waals surface area contributed by atoms with Crippen LogP contribution in [-0.2, 0) is 16.1 Å². The van der Waals surface area contributed by atoms with E-state index < -0.39 is 11.4 Å². The summed E-state index contributed by atoms with van der Waals surface area (Å²) in [7, 11) is 0. The molecular weight excluding hydrogens is 308 g/mol. The first kappa shape index (κ1) is 17.9. The summed E-state index contributed by atoms with van der Waals surface area (Å²) >= 11 is 0. The van der Waals surface area contributed by atoms with Gasteiger partial charge in [0, 0.05) is 12.2 Å². The monoisotopic (exact) mass is 332 g/mol. The van der Waals surface area contributed by atoms with Crippen LogP contribution in [0.5, 0.6) is 0 Å². The highest BCUT2D eigenvalue weighted by molar-refractivity contribution is 6.02. The van der Waals surface area contributed by atoms with Crippen molar-refractivity contribution >= 4 is 23.5 Å². The van der Waals surface area contributed by atoms with Crippen LogP contribution < -0.4 is 16.4 Å². The van der Waals surface area contributed by atoms with Crippen molar-refractivity contribution in [3.05, 3.63) is 29.8 Å². The standard InChI is InChI=1S/C17H24N4O3/c1-3-17(4-2,11-18)15(23)20-13-7-5-6-12(8-13)10-21-14(22)9-19-16(21)24/h5-8H,3-4,9-11,18H2,1-2H3,(H,19,24)(H,20,23). The van der Waals surface area contributed by atoms with Crippen LogP contribution in [0.4, 0.5) is 10.5 Å². The molecule has 130 valence electrons. The van der Waals surface area contributed by atoms with E-state index in [9.17, 15) is 14.4 Å². The molecule has 7 nitrogen and oxygen atoms in total. The van der Waals surface area contributed by atoms with Crippen molar-refractivity contribution < 1.29 is 14.4 Å². The molecule has 7 heteroatoms. The van der Waals surface area contributed by atoms with Crippen LogP contribution in [0.2, 0.25) is 0 Å². The number of imide groups is 1. The first-order chi connectivity index (χ1) is 11.5. The molecule has 2 rings (SSSR count). The zero-order valence-corrected chi connectivity index (χ0v) is 14.1. The largest absolute Gasteiger partial charge is 0.329 e. The van der Waals surface area contributed by atoms with Gasteiger partial charge in [0.1, 0.15) is 0 Å². The molecule has 0 aromatic heterocycles. The Labute approximate surface area is 141 Å². The summed E-state index contributed by atoms with van der Waals surface area (Å²) in [4.78, 5) is 37.0. The Bertz CT molecular complexity index is 616. The predicted octanol–water partition coefficient (Wildman–Crippen LogP) is 1.44. The van der Waals surface area contributed by atoms with Crippen LogP contribution >= 0.6 is 0 Å². The second kappa shape index (κ2) is 7.44. The molecule has 1 heterocycles. The van der Waals surface area contributed by atoms with Crippen molar-refractivity contribution in [2.45, 2.75) is 33.2 Å². The number of nitrogens with zero attached hydrogens (tertiary/aromatic N) is 1. The second-order valence-corrected chi connectivity index (χ2v) is 5.98. The molecule has 1 aromatic rings. The molecule has 1 saturated heterocycles. The van der Waals surface area contributed by atoms with E-state index in [0.717, 1.165) is 10.5 Å². The van der Waals surface area contributed by atoms with Gasteiger partial charge in [-0.1, -0.05) is 26.0 Å². The van der Waals surface area contributed by atoms with Crippen LogP contribution in [0.15, 0.2) is 24.3 Å². The van der Waals surface area contributed by atoms with Crippen molar-refractivity contribution in [3.63, 3.8) is 0 Å². The Morgan fingerprint density at radius 2 is 2.04 bits per heavy atom. The van der Waals surface area contributed by atoms with Crippen molar-refractivity contribution in [3.8, 4) is 0 Å². The van der Waals surface area contributed by atoms with E-state index in [4.69, 9.17) is 5.73 Å². The number of anilines is 1. The molecule has 0 radical (unpaired) electrons. The van der Waals surface area contributed by atoms with Crippen LogP contribution in [0.25, 0.3) is 0 Å². The van der Waals surface area contributed by atoms with Crippen LogP contribution in [0, 0.1) is 5.41 Å². The quantitative estimate of drug-likeness (QED) is 0.657. The number of carbonyl (C=O) groups excluding carboxylic acids is 3. The van der Waals surface area contributed by atoms with Gasteiger partial charge < -0.3 is 16.4 Å². The molecule has 0 atom stereocenters. The van der Waals surface area contributed by atoms with Gasteiger partial charge in [0.05, 0.1) is 18.5 Å². The highest BCUT2D eigenvalue weighted by Gasteiger charge is 2.33. The molecule has 0 bridgehead atoms. The molecule has 1 aliphatic rings. The minimum Gasteiger partial charge on any atom is -0.329 e. The summed E-state index contributed by atoms with van der Waals surface area (Å²) in [5, 5.41) is 5.38. The lowest BCUT2D eigenvalue weighted by Crippen LogP contribution is -2.41. The maximum absolute atomic E-state index is 12.6. The number of hydrogen-bond acceptors (Lipinski definition) is 4. The molecule has 1 aliphatic heterocycles. The first-order valence-electron chi connectivity index (χ1n) is 8.14. The van der Waals surface area contributed by atoms with Crippen LogP contribution in [0.1, 0.15) is 32.3 Å². The molecule has 4 amide bonds. The lowest BCUT2D eigenvalue weighted by Gasteiger charge is -2.28. The summed E-state index contributed by atoms with van der Waals surface area (Å²) in [6, 6.07) is 6.74. The van der Waals surface area contributed by atoms with Gasteiger partial charge in [-0.15, -0.1) is 0 Å². The number of carbonyl (C=O) groups is 3. The van der Waals surface area contributed by atoms with Crippen LogP contribution in [-0.4, -0.2) is 35.8 Å². The third-order valence-electron chi connectivity index (χ3n) is 4.69. The first-order valence-corrected chi connectivity index (χ1v) is 8.14. The molecule has 24 heavy (non-hydrogen) atoms. The predicted molar refractivity (Wildman–Crippen MR) is 91.1 cm³/mol. The summed E-state index contributed by atoms with van der Waals surface area (Å²) in [5.74, 6) is -0.365. The van der Waals surface area contributed by atoms with Gasteiger partial charge in [-0.05, 0) is 30.5 Å². The number of hydrogen-bond donors (Lipinski definition) is 3. The van der Waals surface area contributed by atoms with E-state index in [2.05, 4.69) is 10.6 Å². The molecule has 4 N–H and O–H groups in total. The highest BCUT2D eigenvalue weighted by Crippen LogP contribution is 2.27. The molecule has 0 spiro atoms. The van der Waals surface area contributed by atoms with Crippen LogP contribution in [0.3, 0.4) is 0 Å². The Morgan fingerprint density at radius 1 is 1.33 bits per heavy atom. The van der Waals surface area contributed by atoms with E-state index in [-0.39, 0.29) is 31.4 Å². The average Bonchev–Trinajstić information content (AvgIpc) is 2.89. The van der Waals surface area contributed by atoms with Gasteiger partial charge in [0.2, 0.25) is 11.8 Å². The number of nitrogens with one attached hydrogen (secondary N) is 2. The fraction of sp³-hybridized carbons (Fsp3) is 0.471. The summed E-state index contributed by atoms with van der Waals surface area (Å²) < 4.78 is 0. The number of amides is 4. The normalized spacial score (nSPS) is 14.7. The Morgan fingerprint density at radius 3 is 2.58 bits per heavy atom. The highest BCUT2D eigenvalue weighted by atomic mass is 16.2. The smallest absolute Gasteiger partial charge is 0.324 e. The topological polar surface area (TPSA) is 105 Å². The van der Waals surface area contributed by atoms with Gasteiger partial charge in [-0.2, -0.15) is 0 Å². The molecule has 1 fully saturated rings. The number of urea groups is 1. The Hall–Kier alpha value is -2.41. The number of rotatable bonds is 7. The SMILES string of the molecule is CCC(CC)(CN)C(=O)Nc1cccc(CN2C(=O)CNC2=O)c1. The molecule has 1 aromatic carbocycles. The Balaban J connectivity index is 2.11. The average molecular weight is 332 g/mol. The van der Waals surface area contributed by atoms with Gasteiger partial charge in [0.25, 0.3) is 0 Å². The second-order valence-electron chi connectivity index (χ2n) is 5.98. The van der Waals surface area contributed by atoms with Gasteiger partial charge in [0.15, 0.2) is 0 Å². The minimum absolute atomic E-state index is 0.0290. The maximum Gasteiger partial charge on any atom is 0.324 e. The minimum atomic E-state index is -0.583. The number of nitrogens with two attached hydrogens (primary N) is 1. The summed E-state index contributed by atoms with van der Waals surface area (Å²) in [5.41, 5.74) is 6.62. The van der Waals surface area contributed by atoms with Crippen molar-refractivity contribution in [2.75, 3.05) is 18.4 Å². The molecular formula is C17H24N4O3. The maximum atomic E-state index is 12.6. The molecule has 0 aliphatic carbocycles. The zero-order valence-electron chi connectivity index (χ0n) is 14.1. The third kappa shape index (κ3) is 3.56. The number of benzene rings is 1. The summed E-state index contributed by atoms with van der Waals surface area (Å²) in [6.45, 7) is 4.39. The lowest BCUT2D eigenvalue weighted by molar-refractivity contribution is -0.126. The lowest BCUT2D eigenvalue weighted by atomic mass is 9.81. The molecule has 0 unspecified atom stereocenters. The van der Waals surface area contributed by atoms with Crippen molar-refractivity contribution in [2.24, 2.45) is 11.1 Å². The molecule has 0 saturated carbocycles. The zero-order chi connectivity index (χ0) is 17.7. The van der Waals surface area contributed by atoms with Crippen molar-refractivity contribution in [1.29, 1.82) is 0 Å².